The van der Waals surface area contributed by atoms with Crippen LogP contribution in [0, 0.1) is 6.57 Å². The number of aromatic nitrogens is 2. The summed E-state index contributed by atoms with van der Waals surface area (Å²) in [7, 11) is 0. The Balaban J connectivity index is 1.36. The van der Waals surface area contributed by atoms with E-state index in [9.17, 15) is 0 Å². The molecule has 1 heterocycles. The van der Waals surface area contributed by atoms with Crippen LogP contribution in [0.2, 0.25) is 5.02 Å². The van der Waals surface area contributed by atoms with Crippen LogP contribution in [-0.2, 0) is 0 Å². The van der Waals surface area contributed by atoms with Crippen LogP contribution in [0.5, 0.6) is 5.75 Å². The molecular formula is C22H19BrClN3O. The number of hydrogen-bond acceptors (Lipinski definition) is 2. The maximum Gasteiger partial charge on any atom is 0.205 e. The fraction of sp³-hybridized carbons (Fsp3) is 0.273. The van der Waals surface area contributed by atoms with E-state index in [1.165, 1.54) is 0 Å². The molecule has 3 aromatic rings. The van der Waals surface area contributed by atoms with Gasteiger partial charge in [-0.1, -0.05) is 45.7 Å². The summed E-state index contributed by atoms with van der Waals surface area (Å²) in [4.78, 5) is 11.5. The molecule has 1 saturated carbocycles. The zero-order valence-corrected chi connectivity index (χ0v) is 17.5. The Morgan fingerprint density at radius 3 is 2.54 bits per heavy atom. The molecule has 0 spiro atoms. The van der Waals surface area contributed by atoms with Crippen LogP contribution in [0.15, 0.2) is 53.1 Å². The Morgan fingerprint density at radius 2 is 1.86 bits per heavy atom. The molecule has 0 bridgehead atoms. The lowest BCUT2D eigenvalue weighted by Crippen LogP contribution is -2.23. The van der Waals surface area contributed by atoms with Gasteiger partial charge >= 0.3 is 0 Å². The van der Waals surface area contributed by atoms with Crippen molar-refractivity contribution < 1.29 is 4.74 Å². The number of imidazole rings is 1. The molecule has 1 aliphatic rings. The van der Waals surface area contributed by atoms with Crippen LogP contribution in [0.1, 0.15) is 37.4 Å². The lowest BCUT2D eigenvalue weighted by Gasteiger charge is -2.28. The van der Waals surface area contributed by atoms with Gasteiger partial charge < -0.3 is 9.72 Å². The van der Waals surface area contributed by atoms with E-state index < -0.39 is 0 Å². The van der Waals surface area contributed by atoms with Gasteiger partial charge in [0.15, 0.2) is 0 Å². The van der Waals surface area contributed by atoms with E-state index in [4.69, 9.17) is 22.9 Å². The number of aromatic amines is 1. The Bertz CT molecular complexity index is 1000. The topological polar surface area (TPSA) is 42.3 Å². The number of nitrogens with one attached hydrogen (secondary N) is 1. The Hall–Kier alpha value is -2.29. The minimum absolute atomic E-state index is 0.173. The summed E-state index contributed by atoms with van der Waals surface area (Å²) in [6, 6.07) is 13.5. The molecule has 1 aromatic heterocycles. The maximum absolute atomic E-state index is 7.07. The van der Waals surface area contributed by atoms with Crippen molar-refractivity contribution in [3.63, 3.8) is 0 Å². The number of ether oxygens (including phenoxy) is 1. The van der Waals surface area contributed by atoms with E-state index in [1.54, 1.807) is 12.1 Å². The zero-order valence-electron chi connectivity index (χ0n) is 15.2. The third-order valence-electron chi connectivity index (χ3n) is 5.15. The molecule has 1 fully saturated rings. The number of rotatable bonds is 4. The van der Waals surface area contributed by atoms with Gasteiger partial charge in [-0.15, -0.1) is 0 Å². The van der Waals surface area contributed by atoms with Crippen molar-refractivity contribution in [3.8, 4) is 17.0 Å². The van der Waals surface area contributed by atoms with Gasteiger partial charge in [-0.3, -0.25) is 0 Å². The monoisotopic (exact) mass is 455 g/mol. The molecule has 6 heteroatoms. The summed E-state index contributed by atoms with van der Waals surface area (Å²) >= 11 is 9.57. The fourth-order valence-corrected chi connectivity index (χ4v) is 4.10. The van der Waals surface area contributed by atoms with Crippen molar-refractivity contribution in [1.82, 2.24) is 9.97 Å². The van der Waals surface area contributed by atoms with Crippen LogP contribution >= 0.6 is 27.5 Å². The molecule has 0 saturated heterocycles. The second kappa shape index (κ2) is 8.38. The molecule has 1 N–H and O–H groups in total. The third-order valence-corrected chi connectivity index (χ3v) is 5.99. The van der Waals surface area contributed by atoms with E-state index in [1.807, 2.05) is 24.4 Å². The number of halogens is 2. The van der Waals surface area contributed by atoms with Gasteiger partial charge in [0.05, 0.1) is 29.6 Å². The standard InChI is InChI=1S/C22H19BrClN3O/c1-25-20-11-10-18(12-19(20)24)28-17-8-4-15(5-9-17)22-26-13-21(27-22)14-2-6-16(23)7-3-14/h2-3,6-7,10-13,15,17H,4-5,8-9H2,(H,26,27). The first kappa shape index (κ1) is 19.0. The SMILES string of the molecule is [C-]#[N+]c1ccc(OC2CCC(c3ncc(-c4ccc(Br)cc4)[nH]3)CC2)cc1Cl. The summed E-state index contributed by atoms with van der Waals surface area (Å²) in [6.07, 6.45) is 6.11. The molecule has 142 valence electrons. The highest BCUT2D eigenvalue weighted by Gasteiger charge is 2.25. The zero-order chi connectivity index (χ0) is 19.5. The Labute approximate surface area is 177 Å². The predicted octanol–water partition coefficient (Wildman–Crippen LogP) is 7.15. The first-order valence-electron chi connectivity index (χ1n) is 9.27. The largest absolute Gasteiger partial charge is 0.490 e. The van der Waals surface area contributed by atoms with E-state index in [2.05, 4.69) is 42.9 Å². The van der Waals surface area contributed by atoms with Gasteiger partial charge in [-0.25, -0.2) is 9.83 Å². The normalized spacial score (nSPS) is 19.2. The average Bonchev–Trinajstić information content (AvgIpc) is 3.19. The van der Waals surface area contributed by atoms with E-state index in [-0.39, 0.29) is 6.10 Å². The fourth-order valence-electron chi connectivity index (χ4n) is 3.62. The molecule has 4 nitrogen and oxygen atoms in total. The number of benzene rings is 2. The summed E-state index contributed by atoms with van der Waals surface area (Å²) in [6.45, 7) is 7.07. The van der Waals surface area contributed by atoms with Crippen LogP contribution < -0.4 is 4.74 Å². The highest BCUT2D eigenvalue weighted by molar-refractivity contribution is 9.10. The molecule has 0 unspecified atom stereocenters. The third kappa shape index (κ3) is 4.24. The molecule has 2 aromatic carbocycles. The van der Waals surface area contributed by atoms with Crippen molar-refractivity contribution in [2.24, 2.45) is 0 Å². The number of hydrogen-bond donors (Lipinski definition) is 1. The molecule has 0 radical (unpaired) electrons. The highest BCUT2D eigenvalue weighted by atomic mass is 79.9. The number of nitrogens with zero attached hydrogens (tertiary/aromatic N) is 2. The van der Waals surface area contributed by atoms with Crippen molar-refractivity contribution in [2.45, 2.75) is 37.7 Å². The van der Waals surface area contributed by atoms with E-state index in [0.717, 1.165) is 53.0 Å². The van der Waals surface area contributed by atoms with Crippen molar-refractivity contribution in [1.29, 1.82) is 0 Å². The van der Waals surface area contributed by atoms with Crippen molar-refractivity contribution in [3.05, 3.63) is 75.4 Å². The van der Waals surface area contributed by atoms with Gasteiger partial charge in [0.1, 0.15) is 11.6 Å². The lowest BCUT2D eigenvalue weighted by atomic mass is 9.87. The molecule has 0 amide bonds. The van der Waals surface area contributed by atoms with Crippen LogP contribution in [-0.4, -0.2) is 16.1 Å². The quantitative estimate of drug-likeness (QED) is 0.424. The molecule has 0 aliphatic heterocycles. The molecule has 0 atom stereocenters. The predicted molar refractivity (Wildman–Crippen MR) is 115 cm³/mol. The lowest BCUT2D eigenvalue weighted by molar-refractivity contribution is 0.145. The van der Waals surface area contributed by atoms with Crippen LogP contribution in [0.25, 0.3) is 16.1 Å². The van der Waals surface area contributed by atoms with Crippen molar-refractivity contribution >= 4 is 33.2 Å². The van der Waals surface area contributed by atoms with Crippen molar-refractivity contribution in [2.75, 3.05) is 0 Å². The summed E-state index contributed by atoms with van der Waals surface area (Å²) in [5.41, 5.74) is 2.64. The smallest absolute Gasteiger partial charge is 0.205 e. The minimum Gasteiger partial charge on any atom is -0.490 e. The minimum atomic E-state index is 0.173. The van der Waals surface area contributed by atoms with Gasteiger partial charge in [-0.2, -0.15) is 0 Å². The van der Waals surface area contributed by atoms with E-state index in [0.29, 0.717) is 16.6 Å². The van der Waals surface area contributed by atoms with Gasteiger partial charge in [0.25, 0.3) is 0 Å². The first-order chi connectivity index (χ1) is 13.6. The summed E-state index contributed by atoms with van der Waals surface area (Å²) in [5, 5.41) is 0.442. The molecule has 1 aliphatic carbocycles. The van der Waals surface area contributed by atoms with Crippen LogP contribution in [0.3, 0.4) is 0 Å². The molecular weight excluding hydrogens is 438 g/mol. The van der Waals surface area contributed by atoms with E-state index >= 15 is 0 Å². The first-order valence-corrected chi connectivity index (χ1v) is 10.4. The second-order valence-electron chi connectivity index (χ2n) is 7.01. The second-order valence-corrected chi connectivity index (χ2v) is 8.33. The average molecular weight is 457 g/mol. The van der Waals surface area contributed by atoms with Gasteiger partial charge in [0, 0.05) is 10.4 Å². The van der Waals surface area contributed by atoms with Gasteiger partial charge in [-0.05, 0) is 55.5 Å². The molecule has 28 heavy (non-hydrogen) atoms. The Kier molecular flexibility index (Phi) is 5.70. The maximum atomic E-state index is 7.07. The number of H-pyrrole nitrogens is 1. The summed E-state index contributed by atoms with van der Waals surface area (Å²) < 4.78 is 7.15. The van der Waals surface area contributed by atoms with Crippen LogP contribution in [0.4, 0.5) is 5.69 Å². The molecule has 4 rings (SSSR count). The van der Waals surface area contributed by atoms with Gasteiger partial charge in [0.2, 0.25) is 5.69 Å². The Morgan fingerprint density at radius 1 is 1.11 bits per heavy atom. The summed E-state index contributed by atoms with van der Waals surface area (Å²) in [5.74, 6) is 2.22. The highest BCUT2D eigenvalue weighted by Crippen LogP contribution is 2.35.